The summed E-state index contributed by atoms with van der Waals surface area (Å²) in [6, 6.07) is 12.6. The Bertz CT molecular complexity index is 553. The van der Waals surface area contributed by atoms with Crippen molar-refractivity contribution >= 4 is 10.9 Å². The summed E-state index contributed by atoms with van der Waals surface area (Å²) < 4.78 is 0. The molecular formula is C18H27N3. The van der Waals surface area contributed by atoms with Gasteiger partial charge in [-0.15, -0.1) is 0 Å². The van der Waals surface area contributed by atoms with Crippen molar-refractivity contribution in [2.24, 2.45) is 11.8 Å². The molecule has 0 aliphatic rings. The molecule has 1 heterocycles. The van der Waals surface area contributed by atoms with Gasteiger partial charge in [-0.05, 0) is 24.5 Å². The second kappa shape index (κ2) is 8.11. The quantitative estimate of drug-likeness (QED) is 0.560. The molecule has 0 bridgehead atoms. The van der Waals surface area contributed by atoms with E-state index in [-0.39, 0.29) is 6.04 Å². The monoisotopic (exact) mass is 285 g/mol. The number of nitrogens with two attached hydrogens (primary N) is 1. The average molecular weight is 285 g/mol. The summed E-state index contributed by atoms with van der Waals surface area (Å²) in [7, 11) is 0. The maximum absolute atomic E-state index is 5.79. The van der Waals surface area contributed by atoms with Crippen molar-refractivity contribution in [1.82, 2.24) is 10.4 Å². The summed E-state index contributed by atoms with van der Waals surface area (Å²) in [5, 5.41) is 1.18. The van der Waals surface area contributed by atoms with Gasteiger partial charge in [-0.1, -0.05) is 63.8 Å². The fourth-order valence-corrected chi connectivity index (χ4v) is 2.86. The van der Waals surface area contributed by atoms with Crippen LogP contribution in [0.4, 0.5) is 0 Å². The molecule has 0 amide bonds. The zero-order valence-electron chi connectivity index (χ0n) is 13.2. The van der Waals surface area contributed by atoms with Crippen LogP contribution in [0.2, 0.25) is 0 Å². The number of fused-ring (bicyclic) bond motifs is 1. The molecule has 0 aliphatic carbocycles. The van der Waals surface area contributed by atoms with E-state index in [1.54, 1.807) is 0 Å². The molecule has 3 heteroatoms. The lowest BCUT2D eigenvalue weighted by Gasteiger charge is -2.22. The first-order valence-corrected chi connectivity index (χ1v) is 8.10. The molecule has 2 atom stereocenters. The third-order valence-corrected chi connectivity index (χ3v) is 4.29. The first kappa shape index (κ1) is 15.9. The van der Waals surface area contributed by atoms with Crippen LogP contribution in [0.15, 0.2) is 36.4 Å². The average Bonchev–Trinajstić information content (AvgIpc) is 2.55. The largest absolute Gasteiger partial charge is 0.271 e. The van der Waals surface area contributed by atoms with Gasteiger partial charge in [0.25, 0.3) is 0 Å². The zero-order chi connectivity index (χ0) is 15.1. The van der Waals surface area contributed by atoms with E-state index in [4.69, 9.17) is 10.8 Å². The van der Waals surface area contributed by atoms with Crippen molar-refractivity contribution in [3.05, 3.63) is 42.1 Å². The molecule has 0 spiro atoms. The van der Waals surface area contributed by atoms with E-state index in [2.05, 4.69) is 43.5 Å². The molecule has 0 saturated heterocycles. The van der Waals surface area contributed by atoms with Gasteiger partial charge < -0.3 is 0 Å². The Hall–Kier alpha value is -1.45. The Morgan fingerprint density at radius 1 is 1.14 bits per heavy atom. The molecule has 1 aromatic heterocycles. The molecule has 2 aromatic rings. The first-order chi connectivity index (χ1) is 10.3. The highest BCUT2D eigenvalue weighted by Gasteiger charge is 2.17. The number of hydrazine groups is 1. The minimum Gasteiger partial charge on any atom is -0.271 e. The lowest BCUT2D eigenvalue weighted by molar-refractivity contribution is 0.353. The summed E-state index contributed by atoms with van der Waals surface area (Å²) in [6.07, 6.45) is 6.08. The van der Waals surface area contributed by atoms with Gasteiger partial charge in [-0.3, -0.25) is 16.3 Å². The molecule has 2 unspecified atom stereocenters. The van der Waals surface area contributed by atoms with Crippen molar-refractivity contribution in [1.29, 1.82) is 0 Å². The summed E-state index contributed by atoms with van der Waals surface area (Å²) in [5.41, 5.74) is 5.05. The predicted molar refractivity (Wildman–Crippen MR) is 89.7 cm³/mol. The molecule has 0 radical (unpaired) electrons. The van der Waals surface area contributed by atoms with Crippen molar-refractivity contribution in [3.63, 3.8) is 0 Å². The Morgan fingerprint density at radius 2 is 1.95 bits per heavy atom. The van der Waals surface area contributed by atoms with Crippen LogP contribution in [0, 0.1) is 5.92 Å². The highest BCUT2D eigenvalue weighted by atomic mass is 15.2. The second-order valence-electron chi connectivity index (χ2n) is 5.80. The molecule has 21 heavy (non-hydrogen) atoms. The molecule has 114 valence electrons. The van der Waals surface area contributed by atoms with E-state index in [1.165, 1.54) is 31.1 Å². The minimum absolute atomic E-state index is 0.136. The Labute approximate surface area is 127 Å². The minimum atomic E-state index is 0.136. The molecular weight excluding hydrogens is 258 g/mol. The summed E-state index contributed by atoms with van der Waals surface area (Å²) in [4.78, 5) is 4.77. The van der Waals surface area contributed by atoms with Gasteiger partial charge in [0.05, 0.1) is 17.3 Å². The molecule has 0 aliphatic heterocycles. The number of unbranched alkanes of at least 4 members (excludes halogenated alkanes) is 1. The topological polar surface area (TPSA) is 50.9 Å². The van der Waals surface area contributed by atoms with Gasteiger partial charge in [0, 0.05) is 5.39 Å². The van der Waals surface area contributed by atoms with Crippen molar-refractivity contribution < 1.29 is 0 Å². The standard InChI is InChI=1S/C18H27N3/c1-3-5-8-14(4-2)13-18(21-19)17-12-11-15-9-6-7-10-16(15)20-17/h6-7,9-12,14,18,21H,3-5,8,13,19H2,1-2H3. The highest BCUT2D eigenvalue weighted by molar-refractivity contribution is 5.78. The van der Waals surface area contributed by atoms with Crippen molar-refractivity contribution in [3.8, 4) is 0 Å². The van der Waals surface area contributed by atoms with E-state index in [0.717, 1.165) is 17.6 Å². The van der Waals surface area contributed by atoms with Gasteiger partial charge in [0.1, 0.15) is 0 Å². The van der Waals surface area contributed by atoms with Gasteiger partial charge >= 0.3 is 0 Å². The number of nitrogens with zero attached hydrogens (tertiary/aromatic N) is 1. The summed E-state index contributed by atoms with van der Waals surface area (Å²) in [5.74, 6) is 6.50. The van der Waals surface area contributed by atoms with Crippen LogP contribution in [0.5, 0.6) is 0 Å². The number of hydrogen-bond donors (Lipinski definition) is 2. The summed E-state index contributed by atoms with van der Waals surface area (Å²) in [6.45, 7) is 4.51. The Morgan fingerprint density at radius 3 is 2.67 bits per heavy atom. The molecule has 3 nitrogen and oxygen atoms in total. The van der Waals surface area contributed by atoms with E-state index in [1.807, 2.05) is 12.1 Å². The zero-order valence-corrected chi connectivity index (χ0v) is 13.2. The Kier molecular flexibility index (Phi) is 6.15. The molecule has 0 fully saturated rings. The third-order valence-electron chi connectivity index (χ3n) is 4.29. The smallest absolute Gasteiger partial charge is 0.0706 e. The predicted octanol–water partition coefficient (Wildman–Crippen LogP) is 4.35. The van der Waals surface area contributed by atoms with E-state index in [9.17, 15) is 0 Å². The lowest BCUT2D eigenvalue weighted by Crippen LogP contribution is -2.30. The fraction of sp³-hybridized carbons (Fsp3) is 0.500. The maximum Gasteiger partial charge on any atom is 0.0706 e. The van der Waals surface area contributed by atoms with Crippen LogP contribution in [-0.4, -0.2) is 4.98 Å². The lowest BCUT2D eigenvalue weighted by atomic mass is 9.91. The van der Waals surface area contributed by atoms with Crippen LogP contribution < -0.4 is 11.3 Å². The first-order valence-electron chi connectivity index (χ1n) is 8.10. The van der Waals surface area contributed by atoms with Crippen LogP contribution in [-0.2, 0) is 0 Å². The van der Waals surface area contributed by atoms with Crippen molar-refractivity contribution in [2.75, 3.05) is 0 Å². The fourth-order valence-electron chi connectivity index (χ4n) is 2.86. The van der Waals surface area contributed by atoms with Gasteiger partial charge in [0.2, 0.25) is 0 Å². The van der Waals surface area contributed by atoms with E-state index < -0.39 is 0 Å². The van der Waals surface area contributed by atoms with Crippen LogP contribution in [0.3, 0.4) is 0 Å². The molecule has 1 aromatic carbocycles. The Balaban J connectivity index is 2.14. The number of para-hydroxylation sites is 1. The van der Waals surface area contributed by atoms with Crippen LogP contribution >= 0.6 is 0 Å². The van der Waals surface area contributed by atoms with Crippen LogP contribution in [0.1, 0.15) is 57.7 Å². The normalized spacial score (nSPS) is 14.2. The molecule has 3 N–H and O–H groups in total. The number of benzene rings is 1. The number of pyridine rings is 1. The third kappa shape index (κ3) is 4.26. The van der Waals surface area contributed by atoms with E-state index in [0.29, 0.717) is 5.92 Å². The van der Waals surface area contributed by atoms with Crippen molar-refractivity contribution in [2.45, 2.75) is 52.0 Å². The highest BCUT2D eigenvalue weighted by Crippen LogP contribution is 2.26. The number of aromatic nitrogens is 1. The number of rotatable bonds is 8. The summed E-state index contributed by atoms with van der Waals surface area (Å²) >= 11 is 0. The SMILES string of the molecule is CCCCC(CC)CC(NN)c1ccc2ccccc2n1. The molecule has 2 rings (SSSR count). The number of hydrogen-bond acceptors (Lipinski definition) is 3. The number of nitrogens with one attached hydrogen (secondary N) is 1. The van der Waals surface area contributed by atoms with Crippen LogP contribution in [0.25, 0.3) is 10.9 Å². The second-order valence-corrected chi connectivity index (χ2v) is 5.80. The molecule has 0 saturated carbocycles. The maximum atomic E-state index is 5.79. The van der Waals surface area contributed by atoms with E-state index >= 15 is 0 Å². The van der Waals surface area contributed by atoms with Gasteiger partial charge in [0.15, 0.2) is 0 Å². The van der Waals surface area contributed by atoms with Gasteiger partial charge in [-0.2, -0.15) is 0 Å². The van der Waals surface area contributed by atoms with Gasteiger partial charge in [-0.25, -0.2) is 0 Å².